The van der Waals surface area contributed by atoms with Crippen molar-refractivity contribution in [3.8, 4) is 0 Å². The molecule has 1 saturated carbocycles. The monoisotopic (exact) mass is 253 g/mol. The lowest BCUT2D eigenvalue weighted by Crippen LogP contribution is -2.35. The molecular weight excluding hydrogens is 226 g/mol. The van der Waals surface area contributed by atoms with Crippen molar-refractivity contribution in [2.24, 2.45) is 17.6 Å². The highest BCUT2D eigenvalue weighted by Crippen LogP contribution is 2.32. The van der Waals surface area contributed by atoms with Crippen LogP contribution in [-0.2, 0) is 4.79 Å². The molecule has 0 spiro atoms. The quantitative estimate of drug-likeness (QED) is 0.741. The van der Waals surface area contributed by atoms with E-state index in [2.05, 4.69) is 17.3 Å². The second-order valence-corrected chi connectivity index (χ2v) is 6.09. The molecule has 0 aromatic carbocycles. The predicted molar refractivity (Wildman–Crippen MR) is 73.2 cm³/mol. The average Bonchev–Trinajstić information content (AvgIpc) is 3.15. The Morgan fingerprint density at radius 1 is 1.33 bits per heavy atom. The van der Waals surface area contributed by atoms with Crippen LogP contribution < -0.4 is 11.1 Å². The van der Waals surface area contributed by atoms with Gasteiger partial charge in [-0.3, -0.25) is 4.79 Å². The summed E-state index contributed by atoms with van der Waals surface area (Å²) in [5, 5.41) is 3.02. The topological polar surface area (TPSA) is 58.4 Å². The molecule has 2 rings (SSSR count). The van der Waals surface area contributed by atoms with Gasteiger partial charge in [0.1, 0.15) is 0 Å². The fourth-order valence-corrected chi connectivity index (χ4v) is 2.74. The first kappa shape index (κ1) is 13.8. The molecule has 1 saturated heterocycles. The molecule has 18 heavy (non-hydrogen) atoms. The largest absolute Gasteiger partial charge is 0.356 e. The number of rotatable bonds is 6. The van der Waals surface area contributed by atoms with E-state index in [1.807, 2.05) is 0 Å². The van der Waals surface area contributed by atoms with Crippen molar-refractivity contribution in [1.29, 1.82) is 0 Å². The van der Waals surface area contributed by atoms with Gasteiger partial charge >= 0.3 is 0 Å². The van der Waals surface area contributed by atoms with Crippen LogP contribution in [0.25, 0.3) is 0 Å². The van der Waals surface area contributed by atoms with Gasteiger partial charge in [-0.05, 0) is 64.1 Å². The number of nitrogens with two attached hydrogens (primary N) is 1. The minimum absolute atomic E-state index is 0.0910. The van der Waals surface area contributed by atoms with Gasteiger partial charge < -0.3 is 16.0 Å². The maximum Gasteiger partial charge on any atom is 0.221 e. The van der Waals surface area contributed by atoms with Gasteiger partial charge in [-0.15, -0.1) is 0 Å². The maximum absolute atomic E-state index is 11.7. The first-order valence-electron chi connectivity index (χ1n) is 7.36. The summed E-state index contributed by atoms with van der Waals surface area (Å²) in [5.74, 6) is 1.55. The van der Waals surface area contributed by atoms with Crippen molar-refractivity contribution in [2.45, 2.75) is 44.6 Å². The van der Waals surface area contributed by atoms with E-state index < -0.39 is 0 Å². The van der Waals surface area contributed by atoms with Gasteiger partial charge in [-0.2, -0.15) is 0 Å². The van der Waals surface area contributed by atoms with Crippen LogP contribution in [0.5, 0.6) is 0 Å². The molecule has 104 valence electrons. The van der Waals surface area contributed by atoms with Gasteiger partial charge in [0.25, 0.3) is 0 Å². The zero-order valence-electron chi connectivity index (χ0n) is 11.5. The van der Waals surface area contributed by atoms with Crippen molar-refractivity contribution >= 4 is 5.91 Å². The van der Waals surface area contributed by atoms with Crippen LogP contribution >= 0.6 is 0 Å². The van der Waals surface area contributed by atoms with E-state index in [1.54, 1.807) is 0 Å². The second kappa shape index (κ2) is 6.53. The van der Waals surface area contributed by atoms with Gasteiger partial charge in [-0.1, -0.05) is 0 Å². The zero-order chi connectivity index (χ0) is 13.0. The van der Waals surface area contributed by atoms with Gasteiger partial charge in [0, 0.05) is 19.0 Å². The van der Waals surface area contributed by atoms with Gasteiger partial charge in [0.05, 0.1) is 0 Å². The summed E-state index contributed by atoms with van der Waals surface area (Å²) in [6, 6.07) is 0.0910. The van der Waals surface area contributed by atoms with E-state index in [4.69, 9.17) is 5.73 Å². The molecule has 1 amide bonds. The lowest BCUT2D eigenvalue weighted by Gasteiger charge is -2.28. The summed E-state index contributed by atoms with van der Waals surface area (Å²) in [7, 11) is 2.18. The zero-order valence-corrected chi connectivity index (χ0v) is 11.5. The highest BCUT2D eigenvalue weighted by molar-refractivity contribution is 5.76. The van der Waals surface area contributed by atoms with Crippen LogP contribution in [0.2, 0.25) is 0 Å². The van der Waals surface area contributed by atoms with E-state index in [-0.39, 0.29) is 11.9 Å². The van der Waals surface area contributed by atoms with Crippen molar-refractivity contribution in [3.63, 3.8) is 0 Å². The van der Waals surface area contributed by atoms with Gasteiger partial charge in [0.15, 0.2) is 0 Å². The van der Waals surface area contributed by atoms with Gasteiger partial charge in [0.2, 0.25) is 5.91 Å². The van der Waals surface area contributed by atoms with Crippen LogP contribution in [0.1, 0.15) is 38.5 Å². The predicted octanol–water partition coefficient (Wildman–Crippen LogP) is 0.962. The number of hydrogen-bond acceptors (Lipinski definition) is 3. The number of likely N-dealkylation sites (tertiary alicyclic amines) is 1. The highest BCUT2D eigenvalue weighted by Gasteiger charge is 2.29. The highest BCUT2D eigenvalue weighted by atomic mass is 16.1. The molecule has 0 radical (unpaired) electrons. The summed E-state index contributed by atoms with van der Waals surface area (Å²) in [6.07, 6.45) is 6.60. The molecule has 1 aliphatic heterocycles. The lowest BCUT2D eigenvalue weighted by atomic mass is 9.94. The summed E-state index contributed by atoms with van der Waals surface area (Å²) >= 11 is 0. The Balaban J connectivity index is 1.53. The fraction of sp³-hybridized carbons (Fsp3) is 0.929. The smallest absolute Gasteiger partial charge is 0.221 e. The van der Waals surface area contributed by atoms with Crippen LogP contribution in [0.15, 0.2) is 0 Å². The summed E-state index contributed by atoms with van der Waals surface area (Å²) < 4.78 is 0. The first-order valence-corrected chi connectivity index (χ1v) is 7.36. The number of nitrogens with zero attached hydrogens (tertiary/aromatic N) is 1. The first-order chi connectivity index (χ1) is 8.65. The number of hydrogen-bond donors (Lipinski definition) is 2. The minimum Gasteiger partial charge on any atom is -0.356 e. The number of carbonyl (C=O) groups is 1. The molecule has 4 heteroatoms. The van der Waals surface area contributed by atoms with Crippen LogP contribution in [0.3, 0.4) is 0 Å². The molecule has 3 N–H and O–H groups in total. The molecule has 0 bridgehead atoms. The molecule has 1 aliphatic carbocycles. The molecule has 2 aliphatic rings. The Kier molecular flexibility index (Phi) is 5.01. The third-order valence-electron chi connectivity index (χ3n) is 4.36. The summed E-state index contributed by atoms with van der Waals surface area (Å²) in [4.78, 5) is 14.1. The Labute approximate surface area is 110 Å². The van der Waals surface area contributed by atoms with E-state index in [0.29, 0.717) is 12.3 Å². The number of nitrogens with one attached hydrogen (secondary N) is 1. The third kappa shape index (κ3) is 4.58. The molecule has 1 atom stereocenters. The Bertz CT molecular complexity index is 270. The number of amides is 1. The number of carbonyl (C=O) groups excluding carboxylic acids is 1. The third-order valence-corrected chi connectivity index (χ3v) is 4.36. The summed E-state index contributed by atoms with van der Waals surface area (Å²) in [5.41, 5.74) is 5.94. The average molecular weight is 253 g/mol. The Hall–Kier alpha value is -0.610. The molecule has 4 nitrogen and oxygen atoms in total. The van der Waals surface area contributed by atoms with Crippen molar-refractivity contribution < 1.29 is 4.79 Å². The molecule has 0 aromatic heterocycles. The second-order valence-electron chi connectivity index (χ2n) is 6.09. The van der Waals surface area contributed by atoms with E-state index in [0.717, 1.165) is 18.9 Å². The maximum atomic E-state index is 11.7. The molecule has 0 aromatic rings. The Morgan fingerprint density at radius 2 is 2.00 bits per heavy atom. The lowest BCUT2D eigenvalue weighted by molar-refractivity contribution is -0.121. The van der Waals surface area contributed by atoms with Gasteiger partial charge in [-0.25, -0.2) is 0 Å². The van der Waals surface area contributed by atoms with E-state index in [1.165, 1.54) is 38.8 Å². The standard InChI is InChI=1S/C14H27N3O/c1-17-8-5-11(6-9-17)4-7-16-14(18)10-13(15)12-2-3-12/h11-13H,2-10,15H2,1H3,(H,16,18). The van der Waals surface area contributed by atoms with Crippen molar-refractivity contribution in [1.82, 2.24) is 10.2 Å². The minimum atomic E-state index is 0.0910. The van der Waals surface area contributed by atoms with E-state index >= 15 is 0 Å². The molecule has 1 unspecified atom stereocenters. The molecule has 2 fully saturated rings. The Morgan fingerprint density at radius 3 is 2.61 bits per heavy atom. The SMILES string of the molecule is CN1CCC(CCNC(=O)CC(N)C2CC2)CC1. The molecular formula is C14H27N3O. The fourth-order valence-electron chi connectivity index (χ4n) is 2.74. The van der Waals surface area contributed by atoms with Crippen LogP contribution in [0, 0.1) is 11.8 Å². The van der Waals surface area contributed by atoms with Crippen LogP contribution in [0.4, 0.5) is 0 Å². The van der Waals surface area contributed by atoms with Crippen molar-refractivity contribution in [2.75, 3.05) is 26.7 Å². The van der Waals surface area contributed by atoms with E-state index in [9.17, 15) is 4.79 Å². The summed E-state index contributed by atoms with van der Waals surface area (Å²) in [6.45, 7) is 3.22. The molecule has 1 heterocycles. The van der Waals surface area contributed by atoms with Crippen molar-refractivity contribution in [3.05, 3.63) is 0 Å². The van der Waals surface area contributed by atoms with Crippen LogP contribution in [-0.4, -0.2) is 43.5 Å². The normalized spacial score (nSPS) is 23.9. The number of piperidine rings is 1.